The number of methoxy groups -OCH3 is 1. The summed E-state index contributed by atoms with van der Waals surface area (Å²) in [5.74, 6) is 1.72. The number of carbonyl (C=O) groups excluding carboxylic acids is 1. The standard InChI is InChI=1S/C29H32BrClN2O4/c1-29(2,3)22-12-14-25(23(30)17-22)36-15-7-10-28(34)33-32-18-20-11-13-26(27(16-20)35-4)37-19-21-8-5-6-9-24(21)31/h5-6,8-9,11-14,16-18H,7,10,15,19H2,1-4H3,(H,33,34)/b32-18+. The van der Waals surface area contributed by atoms with Gasteiger partial charge in [0.2, 0.25) is 5.91 Å². The Hall–Kier alpha value is -3.03. The number of hydrogen-bond acceptors (Lipinski definition) is 5. The topological polar surface area (TPSA) is 69.2 Å². The van der Waals surface area contributed by atoms with Crippen LogP contribution in [0.25, 0.3) is 0 Å². The number of amides is 1. The van der Waals surface area contributed by atoms with Gasteiger partial charge in [-0.05, 0) is 75.3 Å². The second kappa shape index (κ2) is 13.5. The van der Waals surface area contributed by atoms with E-state index in [2.05, 4.69) is 59.4 Å². The van der Waals surface area contributed by atoms with E-state index in [9.17, 15) is 4.79 Å². The molecule has 3 aromatic rings. The van der Waals surface area contributed by atoms with Gasteiger partial charge >= 0.3 is 0 Å². The van der Waals surface area contributed by atoms with E-state index in [-0.39, 0.29) is 11.3 Å². The zero-order valence-corrected chi connectivity index (χ0v) is 23.9. The average molecular weight is 588 g/mol. The molecule has 196 valence electrons. The minimum absolute atomic E-state index is 0.0672. The summed E-state index contributed by atoms with van der Waals surface area (Å²) in [5.41, 5.74) is 5.48. The number of hydrazone groups is 1. The SMILES string of the molecule is COc1cc(/C=N/NC(=O)CCCOc2ccc(C(C)(C)C)cc2Br)ccc1OCc1ccccc1Cl. The van der Waals surface area contributed by atoms with Crippen molar-refractivity contribution in [1.82, 2.24) is 5.43 Å². The predicted octanol–water partition coefficient (Wildman–Crippen LogP) is 7.30. The first-order chi connectivity index (χ1) is 17.7. The molecule has 0 aromatic heterocycles. The molecule has 0 saturated heterocycles. The van der Waals surface area contributed by atoms with Crippen molar-refractivity contribution in [1.29, 1.82) is 0 Å². The highest BCUT2D eigenvalue weighted by molar-refractivity contribution is 9.10. The third-order valence-electron chi connectivity index (χ3n) is 5.54. The van der Waals surface area contributed by atoms with Crippen LogP contribution in [0.4, 0.5) is 0 Å². The van der Waals surface area contributed by atoms with Crippen LogP contribution >= 0.6 is 27.5 Å². The Bertz CT molecular complexity index is 1240. The Kier molecular flexibility index (Phi) is 10.4. The predicted molar refractivity (Wildman–Crippen MR) is 152 cm³/mol. The molecule has 8 heteroatoms. The molecule has 3 rings (SSSR count). The van der Waals surface area contributed by atoms with Gasteiger partial charge in [-0.15, -0.1) is 0 Å². The van der Waals surface area contributed by atoms with E-state index >= 15 is 0 Å². The highest BCUT2D eigenvalue weighted by Gasteiger charge is 2.15. The van der Waals surface area contributed by atoms with E-state index in [4.69, 9.17) is 25.8 Å². The molecule has 0 saturated carbocycles. The Balaban J connectivity index is 1.43. The summed E-state index contributed by atoms with van der Waals surface area (Å²) in [5, 5.41) is 4.70. The number of benzene rings is 3. The number of ether oxygens (including phenoxy) is 3. The smallest absolute Gasteiger partial charge is 0.240 e. The van der Waals surface area contributed by atoms with Crippen LogP contribution in [0.15, 0.2) is 70.2 Å². The average Bonchev–Trinajstić information content (AvgIpc) is 2.86. The first-order valence-corrected chi connectivity index (χ1v) is 13.1. The molecule has 0 bridgehead atoms. The third kappa shape index (κ3) is 8.79. The summed E-state index contributed by atoms with van der Waals surface area (Å²) < 4.78 is 18.0. The van der Waals surface area contributed by atoms with E-state index in [1.165, 1.54) is 5.56 Å². The van der Waals surface area contributed by atoms with Crippen LogP contribution in [0.5, 0.6) is 17.2 Å². The largest absolute Gasteiger partial charge is 0.493 e. The molecular weight excluding hydrogens is 556 g/mol. The van der Waals surface area contributed by atoms with Gasteiger partial charge in [-0.25, -0.2) is 5.43 Å². The Morgan fingerprint density at radius 3 is 2.49 bits per heavy atom. The van der Waals surface area contributed by atoms with Gasteiger partial charge in [0.15, 0.2) is 11.5 Å². The normalized spacial score (nSPS) is 11.4. The van der Waals surface area contributed by atoms with E-state index in [0.717, 1.165) is 21.3 Å². The van der Waals surface area contributed by atoms with Crippen LogP contribution in [0, 0.1) is 0 Å². The summed E-state index contributed by atoms with van der Waals surface area (Å²) in [7, 11) is 1.57. The van der Waals surface area contributed by atoms with E-state index in [0.29, 0.717) is 42.6 Å². The molecule has 0 heterocycles. The van der Waals surface area contributed by atoms with Crippen molar-refractivity contribution >= 4 is 39.7 Å². The van der Waals surface area contributed by atoms with Crippen molar-refractivity contribution in [2.75, 3.05) is 13.7 Å². The minimum Gasteiger partial charge on any atom is -0.493 e. The minimum atomic E-state index is -0.186. The zero-order chi connectivity index (χ0) is 26.8. The molecule has 0 aliphatic rings. The van der Waals surface area contributed by atoms with Crippen molar-refractivity contribution in [3.8, 4) is 17.2 Å². The number of carbonyl (C=O) groups is 1. The molecule has 1 N–H and O–H groups in total. The molecule has 0 aliphatic carbocycles. The monoisotopic (exact) mass is 586 g/mol. The molecule has 0 spiro atoms. The second-order valence-electron chi connectivity index (χ2n) is 9.43. The molecule has 1 amide bonds. The molecule has 0 atom stereocenters. The molecule has 0 radical (unpaired) electrons. The summed E-state index contributed by atoms with van der Waals surface area (Å²) >= 11 is 9.76. The Morgan fingerprint density at radius 2 is 1.78 bits per heavy atom. The van der Waals surface area contributed by atoms with Gasteiger partial charge in [0.25, 0.3) is 0 Å². The van der Waals surface area contributed by atoms with Crippen molar-refractivity contribution in [3.63, 3.8) is 0 Å². The van der Waals surface area contributed by atoms with Gasteiger partial charge in [-0.2, -0.15) is 5.10 Å². The second-order valence-corrected chi connectivity index (χ2v) is 10.7. The highest BCUT2D eigenvalue weighted by Crippen LogP contribution is 2.32. The van der Waals surface area contributed by atoms with Crippen LogP contribution in [0.3, 0.4) is 0 Å². The van der Waals surface area contributed by atoms with Crippen molar-refractivity contribution in [3.05, 3.63) is 86.8 Å². The van der Waals surface area contributed by atoms with Gasteiger partial charge in [0.1, 0.15) is 12.4 Å². The van der Waals surface area contributed by atoms with E-state index in [1.807, 2.05) is 36.4 Å². The fraction of sp³-hybridized carbons (Fsp3) is 0.310. The molecule has 6 nitrogen and oxygen atoms in total. The zero-order valence-electron chi connectivity index (χ0n) is 21.5. The lowest BCUT2D eigenvalue weighted by atomic mass is 9.87. The lowest BCUT2D eigenvalue weighted by Gasteiger charge is -2.20. The number of halogens is 2. The molecule has 37 heavy (non-hydrogen) atoms. The van der Waals surface area contributed by atoms with Crippen molar-refractivity contribution in [2.45, 2.75) is 45.6 Å². The molecule has 3 aromatic carbocycles. The lowest BCUT2D eigenvalue weighted by Crippen LogP contribution is -2.18. The number of hydrogen-bond donors (Lipinski definition) is 1. The maximum atomic E-state index is 12.1. The van der Waals surface area contributed by atoms with Gasteiger partial charge in [0.05, 0.1) is 24.4 Å². The van der Waals surface area contributed by atoms with Crippen molar-refractivity contribution < 1.29 is 19.0 Å². The van der Waals surface area contributed by atoms with Crippen LogP contribution in [0.1, 0.15) is 50.3 Å². The number of nitrogens with one attached hydrogen (secondary N) is 1. The Morgan fingerprint density at radius 1 is 1.03 bits per heavy atom. The summed E-state index contributed by atoms with van der Waals surface area (Å²) in [4.78, 5) is 12.1. The van der Waals surface area contributed by atoms with E-state index in [1.54, 1.807) is 25.5 Å². The first-order valence-electron chi connectivity index (χ1n) is 12.0. The van der Waals surface area contributed by atoms with Gasteiger partial charge < -0.3 is 14.2 Å². The molecular formula is C29H32BrClN2O4. The van der Waals surface area contributed by atoms with E-state index < -0.39 is 0 Å². The van der Waals surface area contributed by atoms with Gasteiger partial charge in [-0.1, -0.05) is 56.6 Å². The number of rotatable bonds is 11. The van der Waals surface area contributed by atoms with Crippen LogP contribution < -0.4 is 19.6 Å². The van der Waals surface area contributed by atoms with Gasteiger partial charge in [-0.3, -0.25) is 4.79 Å². The maximum absolute atomic E-state index is 12.1. The quantitative estimate of drug-likeness (QED) is 0.145. The summed E-state index contributed by atoms with van der Waals surface area (Å²) in [6, 6.07) is 19.0. The molecule has 0 fully saturated rings. The Labute approximate surface area is 232 Å². The van der Waals surface area contributed by atoms with Crippen LogP contribution in [-0.4, -0.2) is 25.8 Å². The fourth-order valence-corrected chi connectivity index (χ4v) is 4.07. The van der Waals surface area contributed by atoms with Crippen molar-refractivity contribution in [2.24, 2.45) is 5.10 Å². The van der Waals surface area contributed by atoms with Crippen LogP contribution in [0.2, 0.25) is 5.02 Å². The molecule has 0 aliphatic heterocycles. The van der Waals surface area contributed by atoms with Gasteiger partial charge in [0, 0.05) is 17.0 Å². The lowest BCUT2D eigenvalue weighted by molar-refractivity contribution is -0.121. The maximum Gasteiger partial charge on any atom is 0.240 e. The molecule has 0 unspecified atom stereocenters. The van der Waals surface area contributed by atoms with Crippen LogP contribution in [-0.2, 0) is 16.8 Å². The summed E-state index contributed by atoms with van der Waals surface area (Å²) in [6.07, 6.45) is 2.43. The summed E-state index contributed by atoms with van der Waals surface area (Å²) in [6.45, 7) is 7.25. The highest BCUT2D eigenvalue weighted by atomic mass is 79.9. The first kappa shape index (κ1) is 28.5. The number of nitrogens with zero attached hydrogens (tertiary/aromatic N) is 1. The fourth-order valence-electron chi connectivity index (χ4n) is 3.39. The third-order valence-corrected chi connectivity index (χ3v) is 6.52.